The molecule has 0 bridgehead atoms. The van der Waals surface area contributed by atoms with E-state index in [4.69, 9.17) is 23.2 Å². The van der Waals surface area contributed by atoms with Crippen LogP contribution < -0.4 is 10.2 Å². The molecule has 0 unspecified atom stereocenters. The zero-order valence-corrected chi connectivity index (χ0v) is 15.4. The number of benzene rings is 3. The number of amides is 2. The van der Waals surface area contributed by atoms with E-state index >= 15 is 0 Å². The Bertz CT molecular complexity index is 1080. The Morgan fingerprint density at radius 1 is 1.12 bits per heavy atom. The van der Waals surface area contributed by atoms with Crippen LogP contribution >= 0.6 is 23.2 Å². The standard InChI is InChI=1S/C20H14Cl2N2O2/c1-2-24-17-9-8-16(13-4-3-5-14(18(13)17)20(24)26)23-19(25)12-7-6-11(21)10-15(12)22/h3-10H,2H2,1H3,(H,23,25). The minimum absolute atomic E-state index is 0.0164. The first kappa shape index (κ1) is 16.9. The Balaban J connectivity index is 1.79. The van der Waals surface area contributed by atoms with Gasteiger partial charge >= 0.3 is 0 Å². The van der Waals surface area contributed by atoms with E-state index in [0.717, 1.165) is 16.5 Å². The van der Waals surface area contributed by atoms with E-state index in [-0.39, 0.29) is 16.8 Å². The lowest BCUT2D eigenvalue weighted by Gasteiger charge is -2.15. The van der Waals surface area contributed by atoms with Crippen LogP contribution in [0.2, 0.25) is 10.0 Å². The summed E-state index contributed by atoms with van der Waals surface area (Å²) in [6, 6.07) is 13.9. The van der Waals surface area contributed by atoms with Crippen LogP contribution in [0.4, 0.5) is 11.4 Å². The number of nitrogens with one attached hydrogen (secondary N) is 1. The molecule has 0 fully saturated rings. The highest BCUT2D eigenvalue weighted by molar-refractivity contribution is 6.37. The van der Waals surface area contributed by atoms with E-state index in [0.29, 0.717) is 28.4 Å². The fourth-order valence-corrected chi connectivity index (χ4v) is 3.83. The summed E-state index contributed by atoms with van der Waals surface area (Å²) in [5.41, 5.74) is 2.49. The molecule has 0 saturated carbocycles. The summed E-state index contributed by atoms with van der Waals surface area (Å²) in [6.07, 6.45) is 0. The van der Waals surface area contributed by atoms with Gasteiger partial charge in [0, 0.05) is 33.6 Å². The van der Waals surface area contributed by atoms with Crippen LogP contribution in [0.3, 0.4) is 0 Å². The number of hydrogen-bond acceptors (Lipinski definition) is 2. The van der Waals surface area contributed by atoms with Crippen LogP contribution in [0.5, 0.6) is 0 Å². The molecular formula is C20H14Cl2N2O2. The topological polar surface area (TPSA) is 49.4 Å². The maximum Gasteiger partial charge on any atom is 0.258 e. The molecule has 0 radical (unpaired) electrons. The van der Waals surface area contributed by atoms with Crippen molar-refractivity contribution < 1.29 is 9.59 Å². The van der Waals surface area contributed by atoms with Crippen molar-refractivity contribution >= 4 is 57.2 Å². The summed E-state index contributed by atoms with van der Waals surface area (Å²) >= 11 is 12.0. The molecule has 0 aromatic heterocycles. The Hall–Kier alpha value is -2.56. The molecule has 6 heteroatoms. The molecule has 0 atom stereocenters. The third-order valence-corrected chi connectivity index (χ3v) is 5.07. The first-order valence-electron chi connectivity index (χ1n) is 8.15. The number of rotatable bonds is 3. The maximum absolute atomic E-state index is 12.6. The molecule has 1 heterocycles. The van der Waals surface area contributed by atoms with E-state index in [1.807, 2.05) is 37.3 Å². The van der Waals surface area contributed by atoms with Gasteiger partial charge in [-0.1, -0.05) is 35.3 Å². The van der Waals surface area contributed by atoms with Crippen LogP contribution in [0.1, 0.15) is 27.6 Å². The Labute approximate surface area is 160 Å². The summed E-state index contributed by atoms with van der Waals surface area (Å²) in [7, 11) is 0. The van der Waals surface area contributed by atoms with E-state index in [9.17, 15) is 9.59 Å². The second kappa shape index (κ2) is 6.31. The maximum atomic E-state index is 12.6. The second-order valence-corrected chi connectivity index (χ2v) is 6.83. The average Bonchev–Trinajstić information content (AvgIpc) is 2.90. The smallest absolute Gasteiger partial charge is 0.258 e. The third-order valence-electron chi connectivity index (χ3n) is 4.53. The number of carbonyl (C=O) groups is 2. The van der Waals surface area contributed by atoms with Crippen molar-refractivity contribution in [2.45, 2.75) is 6.92 Å². The summed E-state index contributed by atoms with van der Waals surface area (Å²) in [4.78, 5) is 26.9. The molecule has 130 valence electrons. The SMILES string of the molecule is CCN1C(=O)c2cccc3c(NC(=O)c4ccc(Cl)cc4Cl)ccc1c23. The third kappa shape index (κ3) is 2.54. The molecule has 4 nitrogen and oxygen atoms in total. The molecular weight excluding hydrogens is 371 g/mol. The van der Waals surface area contributed by atoms with Gasteiger partial charge in [0.15, 0.2) is 0 Å². The van der Waals surface area contributed by atoms with Gasteiger partial charge in [0.05, 0.1) is 16.3 Å². The molecule has 1 aliphatic heterocycles. The van der Waals surface area contributed by atoms with E-state index in [2.05, 4.69) is 5.32 Å². The molecule has 3 aromatic rings. The second-order valence-electron chi connectivity index (χ2n) is 5.99. The fourth-order valence-electron chi connectivity index (χ4n) is 3.33. The van der Waals surface area contributed by atoms with E-state index < -0.39 is 0 Å². The normalized spacial score (nSPS) is 12.7. The van der Waals surface area contributed by atoms with Gasteiger partial charge in [0.2, 0.25) is 0 Å². The van der Waals surface area contributed by atoms with Crippen molar-refractivity contribution in [3.05, 3.63) is 69.7 Å². The van der Waals surface area contributed by atoms with Gasteiger partial charge < -0.3 is 10.2 Å². The lowest BCUT2D eigenvalue weighted by atomic mass is 10.0. The highest BCUT2D eigenvalue weighted by atomic mass is 35.5. The van der Waals surface area contributed by atoms with Gasteiger partial charge in [0.25, 0.3) is 11.8 Å². The Kier molecular flexibility index (Phi) is 4.10. The Morgan fingerprint density at radius 3 is 2.65 bits per heavy atom. The van der Waals surface area contributed by atoms with Gasteiger partial charge in [0.1, 0.15) is 0 Å². The largest absolute Gasteiger partial charge is 0.321 e. The lowest BCUT2D eigenvalue weighted by Crippen LogP contribution is -2.25. The number of hydrogen-bond donors (Lipinski definition) is 1. The molecule has 1 aliphatic rings. The van der Waals surface area contributed by atoms with Gasteiger partial charge in [-0.05, 0) is 43.3 Å². The monoisotopic (exact) mass is 384 g/mol. The van der Waals surface area contributed by atoms with Crippen molar-refractivity contribution in [2.75, 3.05) is 16.8 Å². The van der Waals surface area contributed by atoms with Gasteiger partial charge in [-0.15, -0.1) is 0 Å². The summed E-state index contributed by atoms with van der Waals surface area (Å²) in [6.45, 7) is 2.53. The van der Waals surface area contributed by atoms with Gasteiger partial charge in [-0.3, -0.25) is 9.59 Å². The summed E-state index contributed by atoms with van der Waals surface area (Å²) < 4.78 is 0. The van der Waals surface area contributed by atoms with Crippen LogP contribution in [0, 0.1) is 0 Å². The fraction of sp³-hybridized carbons (Fsp3) is 0.100. The average molecular weight is 385 g/mol. The highest BCUT2D eigenvalue weighted by Gasteiger charge is 2.29. The van der Waals surface area contributed by atoms with Crippen molar-refractivity contribution in [3.8, 4) is 0 Å². The van der Waals surface area contributed by atoms with Gasteiger partial charge in [-0.25, -0.2) is 0 Å². The first-order valence-corrected chi connectivity index (χ1v) is 8.91. The summed E-state index contributed by atoms with van der Waals surface area (Å²) in [5, 5.41) is 5.33. The molecule has 3 aromatic carbocycles. The van der Waals surface area contributed by atoms with Crippen LogP contribution in [0.25, 0.3) is 10.8 Å². The molecule has 0 spiro atoms. The molecule has 4 rings (SSSR count). The minimum Gasteiger partial charge on any atom is -0.321 e. The van der Waals surface area contributed by atoms with Crippen molar-refractivity contribution in [2.24, 2.45) is 0 Å². The predicted octanol–water partition coefficient (Wildman–Crippen LogP) is 5.38. The quantitative estimate of drug-likeness (QED) is 0.658. The number of anilines is 2. The van der Waals surface area contributed by atoms with Crippen LogP contribution in [0.15, 0.2) is 48.5 Å². The molecule has 26 heavy (non-hydrogen) atoms. The van der Waals surface area contributed by atoms with Crippen molar-refractivity contribution in [1.82, 2.24) is 0 Å². The number of carbonyl (C=O) groups excluding carboxylic acids is 2. The molecule has 0 saturated heterocycles. The van der Waals surface area contributed by atoms with Crippen LogP contribution in [-0.2, 0) is 0 Å². The molecule has 1 N–H and O–H groups in total. The minimum atomic E-state index is -0.330. The van der Waals surface area contributed by atoms with E-state index in [1.54, 1.807) is 17.0 Å². The molecule has 2 amide bonds. The van der Waals surface area contributed by atoms with Crippen molar-refractivity contribution in [3.63, 3.8) is 0 Å². The Morgan fingerprint density at radius 2 is 1.92 bits per heavy atom. The predicted molar refractivity (Wildman–Crippen MR) is 106 cm³/mol. The highest BCUT2D eigenvalue weighted by Crippen LogP contribution is 2.40. The zero-order chi connectivity index (χ0) is 18.4. The number of halogens is 2. The van der Waals surface area contributed by atoms with Crippen molar-refractivity contribution in [1.29, 1.82) is 0 Å². The van der Waals surface area contributed by atoms with E-state index in [1.165, 1.54) is 6.07 Å². The zero-order valence-electron chi connectivity index (χ0n) is 13.8. The number of nitrogens with zero attached hydrogens (tertiary/aromatic N) is 1. The lowest BCUT2D eigenvalue weighted by molar-refractivity contribution is 0.0992. The van der Waals surface area contributed by atoms with Gasteiger partial charge in [-0.2, -0.15) is 0 Å². The molecule has 0 aliphatic carbocycles. The first-order chi connectivity index (χ1) is 12.5. The van der Waals surface area contributed by atoms with Crippen LogP contribution in [-0.4, -0.2) is 18.4 Å². The summed E-state index contributed by atoms with van der Waals surface area (Å²) in [5.74, 6) is -0.346.